The number of benzene rings is 1. The number of aromatic carboxylic acids is 1. The first kappa shape index (κ1) is 14.1. The van der Waals surface area contributed by atoms with Crippen LogP contribution in [0.3, 0.4) is 0 Å². The number of nitrogen functional groups attached to an aromatic ring is 1. The van der Waals surface area contributed by atoms with Gasteiger partial charge in [0.05, 0.1) is 16.3 Å². The number of nitrogens with one attached hydrogen (secondary N) is 1. The molecular formula is C14H14ClN3O2. The number of nitrogens with two attached hydrogens (primary N) is 1. The fourth-order valence-corrected chi connectivity index (χ4v) is 2.06. The maximum atomic E-state index is 11.2. The fourth-order valence-electron chi connectivity index (χ4n) is 1.77. The van der Waals surface area contributed by atoms with Crippen LogP contribution in [0.5, 0.6) is 0 Å². The Hall–Kier alpha value is -2.27. The minimum atomic E-state index is -1.08. The Balaban J connectivity index is 2.24. The molecule has 0 aliphatic heterocycles. The van der Waals surface area contributed by atoms with E-state index in [0.29, 0.717) is 17.9 Å². The van der Waals surface area contributed by atoms with Crippen molar-refractivity contribution in [2.75, 3.05) is 11.1 Å². The summed E-state index contributed by atoms with van der Waals surface area (Å²) in [6.07, 6.45) is 1.73. The number of nitrogens with zero attached hydrogens (tertiary/aromatic N) is 1. The number of hydrogen-bond donors (Lipinski definition) is 3. The monoisotopic (exact) mass is 291 g/mol. The standard InChI is InChI=1S/C14H14ClN3O2/c1-8-2-3-9(6-17-8)7-18-13-11(14(19)20)4-10(16)5-12(13)15/h2-6,18H,7,16H2,1H3,(H,19,20). The second-order valence-electron chi connectivity index (χ2n) is 4.39. The number of rotatable bonds is 4. The van der Waals surface area contributed by atoms with Crippen molar-refractivity contribution >= 4 is 28.9 Å². The maximum absolute atomic E-state index is 11.2. The van der Waals surface area contributed by atoms with Gasteiger partial charge < -0.3 is 16.2 Å². The average Bonchev–Trinajstić information content (AvgIpc) is 2.38. The molecule has 2 aromatic rings. The van der Waals surface area contributed by atoms with Gasteiger partial charge in [0.2, 0.25) is 0 Å². The van der Waals surface area contributed by atoms with Gasteiger partial charge in [0, 0.05) is 24.1 Å². The molecule has 1 heterocycles. The van der Waals surface area contributed by atoms with Crippen LogP contribution in [0.25, 0.3) is 0 Å². The van der Waals surface area contributed by atoms with Crippen LogP contribution in [0.1, 0.15) is 21.6 Å². The van der Waals surface area contributed by atoms with E-state index in [0.717, 1.165) is 11.3 Å². The number of carbonyl (C=O) groups is 1. The smallest absolute Gasteiger partial charge is 0.337 e. The summed E-state index contributed by atoms with van der Waals surface area (Å²) in [5, 5.41) is 12.5. The summed E-state index contributed by atoms with van der Waals surface area (Å²) in [6, 6.07) is 6.70. The van der Waals surface area contributed by atoms with Gasteiger partial charge in [-0.25, -0.2) is 4.79 Å². The first-order chi connectivity index (χ1) is 9.47. The molecule has 0 saturated heterocycles. The predicted molar refractivity (Wildman–Crippen MR) is 79.1 cm³/mol. The number of aromatic nitrogens is 1. The highest BCUT2D eigenvalue weighted by molar-refractivity contribution is 6.34. The van der Waals surface area contributed by atoms with Crippen LogP contribution in [0.2, 0.25) is 5.02 Å². The second kappa shape index (κ2) is 5.79. The summed E-state index contributed by atoms with van der Waals surface area (Å²) >= 11 is 6.05. The minimum absolute atomic E-state index is 0.0510. The lowest BCUT2D eigenvalue weighted by Gasteiger charge is -2.12. The third-order valence-corrected chi connectivity index (χ3v) is 3.08. The molecule has 0 amide bonds. The van der Waals surface area contributed by atoms with Crippen molar-refractivity contribution in [1.29, 1.82) is 0 Å². The number of carboxylic acids is 1. The summed E-state index contributed by atoms with van der Waals surface area (Å²) < 4.78 is 0. The molecular weight excluding hydrogens is 278 g/mol. The Labute approximate surface area is 121 Å². The zero-order valence-corrected chi connectivity index (χ0v) is 11.6. The highest BCUT2D eigenvalue weighted by Gasteiger charge is 2.14. The topological polar surface area (TPSA) is 88.2 Å². The van der Waals surface area contributed by atoms with E-state index in [1.165, 1.54) is 12.1 Å². The number of carboxylic acid groups (broad SMARTS) is 1. The van der Waals surface area contributed by atoms with E-state index >= 15 is 0 Å². The molecule has 1 aromatic carbocycles. The van der Waals surface area contributed by atoms with E-state index in [-0.39, 0.29) is 10.6 Å². The van der Waals surface area contributed by atoms with Gasteiger partial charge in [0.1, 0.15) is 0 Å². The van der Waals surface area contributed by atoms with Crippen LogP contribution in [0, 0.1) is 6.92 Å². The lowest BCUT2D eigenvalue weighted by atomic mass is 10.1. The zero-order valence-electron chi connectivity index (χ0n) is 10.9. The van der Waals surface area contributed by atoms with Crippen LogP contribution < -0.4 is 11.1 Å². The van der Waals surface area contributed by atoms with Gasteiger partial charge in [-0.05, 0) is 30.7 Å². The molecule has 2 rings (SSSR count). The minimum Gasteiger partial charge on any atom is -0.478 e. The van der Waals surface area contributed by atoms with Crippen LogP contribution in [0.4, 0.5) is 11.4 Å². The molecule has 0 atom stereocenters. The highest BCUT2D eigenvalue weighted by atomic mass is 35.5. The molecule has 0 fully saturated rings. The molecule has 20 heavy (non-hydrogen) atoms. The average molecular weight is 292 g/mol. The number of anilines is 2. The van der Waals surface area contributed by atoms with Crippen LogP contribution in [-0.4, -0.2) is 16.1 Å². The van der Waals surface area contributed by atoms with E-state index < -0.39 is 5.97 Å². The molecule has 0 bridgehead atoms. The van der Waals surface area contributed by atoms with E-state index in [9.17, 15) is 9.90 Å². The molecule has 0 unspecified atom stereocenters. The van der Waals surface area contributed by atoms with Crippen molar-refractivity contribution in [2.24, 2.45) is 0 Å². The number of hydrogen-bond acceptors (Lipinski definition) is 4. The van der Waals surface area contributed by atoms with Crippen molar-refractivity contribution < 1.29 is 9.90 Å². The van der Waals surface area contributed by atoms with Crippen molar-refractivity contribution in [2.45, 2.75) is 13.5 Å². The molecule has 4 N–H and O–H groups in total. The van der Waals surface area contributed by atoms with Gasteiger partial charge in [-0.3, -0.25) is 4.98 Å². The molecule has 104 valence electrons. The van der Waals surface area contributed by atoms with Crippen LogP contribution in [-0.2, 0) is 6.54 Å². The maximum Gasteiger partial charge on any atom is 0.337 e. The molecule has 0 radical (unpaired) electrons. The van der Waals surface area contributed by atoms with Crippen molar-refractivity contribution in [3.63, 3.8) is 0 Å². The predicted octanol–water partition coefficient (Wildman–Crippen LogP) is 2.94. The van der Waals surface area contributed by atoms with E-state index in [1.807, 2.05) is 19.1 Å². The van der Waals surface area contributed by atoms with Crippen LogP contribution >= 0.6 is 11.6 Å². The number of halogens is 1. The first-order valence-electron chi connectivity index (χ1n) is 5.95. The summed E-state index contributed by atoms with van der Waals surface area (Å²) in [5.74, 6) is -1.08. The van der Waals surface area contributed by atoms with Gasteiger partial charge in [-0.1, -0.05) is 17.7 Å². The van der Waals surface area contributed by atoms with E-state index in [2.05, 4.69) is 10.3 Å². The highest BCUT2D eigenvalue weighted by Crippen LogP contribution is 2.29. The fraction of sp³-hybridized carbons (Fsp3) is 0.143. The van der Waals surface area contributed by atoms with Crippen LogP contribution in [0.15, 0.2) is 30.5 Å². The number of pyridine rings is 1. The molecule has 0 aliphatic carbocycles. The summed E-state index contributed by atoms with van der Waals surface area (Å²) in [4.78, 5) is 15.4. The molecule has 0 spiro atoms. The summed E-state index contributed by atoms with van der Waals surface area (Å²) in [6.45, 7) is 2.33. The SMILES string of the molecule is Cc1ccc(CNc2c(Cl)cc(N)cc2C(=O)O)cn1. The number of aryl methyl sites for hydroxylation is 1. The molecule has 1 aromatic heterocycles. The Morgan fingerprint density at radius 3 is 2.80 bits per heavy atom. The Morgan fingerprint density at radius 1 is 1.45 bits per heavy atom. The summed E-state index contributed by atoms with van der Waals surface area (Å²) in [7, 11) is 0. The lowest BCUT2D eigenvalue weighted by Crippen LogP contribution is -2.08. The van der Waals surface area contributed by atoms with Gasteiger partial charge in [-0.2, -0.15) is 0 Å². The van der Waals surface area contributed by atoms with E-state index in [1.54, 1.807) is 6.20 Å². The van der Waals surface area contributed by atoms with Gasteiger partial charge in [-0.15, -0.1) is 0 Å². The first-order valence-corrected chi connectivity index (χ1v) is 6.33. The second-order valence-corrected chi connectivity index (χ2v) is 4.80. The van der Waals surface area contributed by atoms with Crippen molar-refractivity contribution in [3.8, 4) is 0 Å². The van der Waals surface area contributed by atoms with Crippen molar-refractivity contribution in [1.82, 2.24) is 4.98 Å². The Kier molecular flexibility index (Phi) is 4.10. The molecule has 5 nitrogen and oxygen atoms in total. The largest absolute Gasteiger partial charge is 0.478 e. The Bertz CT molecular complexity index is 642. The van der Waals surface area contributed by atoms with Crippen molar-refractivity contribution in [3.05, 3.63) is 52.3 Å². The van der Waals surface area contributed by atoms with E-state index in [4.69, 9.17) is 17.3 Å². The lowest BCUT2D eigenvalue weighted by molar-refractivity contribution is 0.0698. The third-order valence-electron chi connectivity index (χ3n) is 2.78. The molecule has 6 heteroatoms. The molecule has 0 saturated carbocycles. The Morgan fingerprint density at radius 2 is 2.20 bits per heavy atom. The summed E-state index contributed by atoms with van der Waals surface area (Å²) in [5.41, 5.74) is 8.18. The van der Waals surface area contributed by atoms with Gasteiger partial charge in [0.25, 0.3) is 0 Å². The quantitative estimate of drug-likeness (QED) is 0.754. The zero-order chi connectivity index (χ0) is 14.7. The third kappa shape index (κ3) is 3.19. The van der Waals surface area contributed by atoms with Gasteiger partial charge >= 0.3 is 5.97 Å². The molecule has 0 aliphatic rings. The normalized spacial score (nSPS) is 10.3. The van der Waals surface area contributed by atoms with Gasteiger partial charge in [0.15, 0.2) is 0 Å².